The van der Waals surface area contributed by atoms with E-state index in [0.29, 0.717) is 17.8 Å². The number of hydrogen-bond donors (Lipinski definition) is 3. The molecule has 0 spiro atoms. The highest BCUT2D eigenvalue weighted by molar-refractivity contribution is 6.39. The summed E-state index contributed by atoms with van der Waals surface area (Å²) >= 11 is 0. The number of carboxylic acids is 1. The molecule has 2 aromatic rings. The second-order valence-electron chi connectivity index (χ2n) is 7.76. The summed E-state index contributed by atoms with van der Waals surface area (Å²) < 4.78 is 0. The van der Waals surface area contributed by atoms with Gasteiger partial charge in [-0.2, -0.15) is 0 Å². The van der Waals surface area contributed by atoms with E-state index < -0.39 is 17.8 Å². The molecule has 3 N–H and O–H groups in total. The largest absolute Gasteiger partial charge is 0.478 e. The van der Waals surface area contributed by atoms with Gasteiger partial charge in [0.25, 0.3) is 0 Å². The van der Waals surface area contributed by atoms with Crippen LogP contribution in [0.2, 0.25) is 0 Å². The molecule has 0 aromatic heterocycles. The maximum Gasteiger partial charge on any atom is 0.335 e. The number of benzene rings is 2. The molecule has 1 atom stereocenters. The fraction of sp³-hybridized carbons (Fsp3) is 0.348. The smallest absolute Gasteiger partial charge is 0.335 e. The van der Waals surface area contributed by atoms with Crippen LogP contribution >= 0.6 is 0 Å². The molecule has 0 saturated carbocycles. The molecule has 1 fully saturated rings. The molecule has 164 valence electrons. The zero-order valence-electron chi connectivity index (χ0n) is 17.8. The van der Waals surface area contributed by atoms with Gasteiger partial charge in [-0.05, 0) is 37.2 Å². The number of nitrogens with one attached hydrogen (secondary N) is 2. The maximum atomic E-state index is 12.5. The van der Waals surface area contributed by atoms with Gasteiger partial charge in [0.05, 0.1) is 11.6 Å². The van der Waals surface area contributed by atoms with Crippen LogP contribution in [-0.4, -0.2) is 72.5 Å². The molecule has 8 nitrogen and oxygen atoms in total. The quantitative estimate of drug-likeness (QED) is 0.611. The van der Waals surface area contributed by atoms with Crippen molar-refractivity contribution in [2.45, 2.75) is 13.0 Å². The lowest BCUT2D eigenvalue weighted by Gasteiger charge is -2.38. The molecule has 1 saturated heterocycles. The minimum atomic E-state index is -1.10. The number of carbonyl (C=O) groups is 3. The van der Waals surface area contributed by atoms with Crippen molar-refractivity contribution in [2.75, 3.05) is 45.1 Å². The average molecular weight is 425 g/mol. The Morgan fingerprint density at radius 3 is 2.32 bits per heavy atom. The van der Waals surface area contributed by atoms with E-state index >= 15 is 0 Å². The number of aromatic carboxylic acids is 1. The number of amides is 2. The number of likely N-dealkylation sites (N-methyl/N-ethyl adjacent to an activating group) is 1. The van der Waals surface area contributed by atoms with Crippen LogP contribution in [0.1, 0.15) is 27.5 Å². The van der Waals surface area contributed by atoms with Crippen molar-refractivity contribution >= 4 is 23.5 Å². The van der Waals surface area contributed by atoms with Gasteiger partial charge >= 0.3 is 17.8 Å². The molecule has 3 rings (SSSR count). The number of hydrogen-bond acceptors (Lipinski definition) is 5. The summed E-state index contributed by atoms with van der Waals surface area (Å²) in [4.78, 5) is 40.6. The molecule has 31 heavy (non-hydrogen) atoms. The first-order valence-corrected chi connectivity index (χ1v) is 10.3. The van der Waals surface area contributed by atoms with Crippen LogP contribution in [0, 0.1) is 6.92 Å². The Kier molecular flexibility index (Phi) is 7.38. The number of aryl methyl sites for hydroxylation is 1. The number of rotatable bonds is 6. The molecule has 1 aliphatic heterocycles. The summed E-state index contributed by atoms with van der Waals surface area (Å²) in [7, 11) is 2.09. The third kappa shape index (κ3) is 5.90. The summed E-state index contributed by atoms with van der Waals surface area (Å²) in [6.07, 6.45) is 0. The first-order chi connectivity index (χ1) is 14.8. The Hall–Kier alpha value is -3.23. The topological polar surface area (TPSA) is 102 Å². The fourth-order valence-corrected chi connectivity index (χ4v) is 3.60. The normalized spacial score (nSPS) is 15.8. The number of carboxylic acid groups (broad SMARTS) is 1. The highest BCUT2D eigenvalue weighted by atomic mass is 16.4. The molecule has 1 aliphatic rings. The SMILES string of the molecule is Cc1ccc(C(=O)O)cc1NC(=O)C(=O)NC[C@H](c1ccccc1)N1CCN(C)CC1. The second kappa shape index (κ2) is 10.2. The van der Waals surface area contributed by atoms with Crippen LogP contribution in [0.4, 0.5) is 5.69 Å². The maximum absolute atomic E-state index is 12.5. The molecule has 1 heterocycles. The van der Waals surface area contributed by atoms with Gasteiger partial charge in [0.1, 0.15) is 0 Å². The van der Waals surface area contributed by atoms with Crippen molar-refractivity contribution in [2.24, 2.45) is 0 Å². The Morgan fingerprint density at radius 2 is 1.68 bits per heavy atom. The number of carbonyl (C=O) groups excluding carboxylic acids is 2. The molecule has 0 aliphatic carbocycles. The molecule has 0 bridgehead atoms. The lowest BCUT2D eigenvalue weighted by molar-refractivity contribution is -0.136. The van der Waals surface area contributed by atoms with Crippen molar-refractivity contribution in [1.82, 2.24) is 15.1 Å². The van der Waals surface area contributed by atoms with E-state index in [9.17, 15) is 14.4 Å². The number of piperazine rings is 1. The summed E-state index contributed by atoms with van der Waals surface area (Å²) in [5.41, 5.74) is 2.10. The zero-order valence-corrected chi connectivity index (χ0v) is 17.8. The van der Waals surface area contributed by atoms with Gasteiger partial charge < -0.3 is 20.6 Å². The van der Waals surface area contributed by atoms with E-state index in [1.165, 1.54) is 12.1 Å². The van der Waals surface area contributed by atoms with Gasteiger partial charge in [-0.25, -0.2) is 4.79 Å². The van der Waals surface area contributed by atoms with Gasteiger partial charge in [0, 0.05) is 38.4 Å². The Bertz CT molecular complexity index is 940. The minimum absolute atomic E-state index is 0.0382. The van der Waals surface area contributed by atoms with E-state index in [4.69, 9.17) is 5.11 Å². The molecule has 8 heteroatoms. The van der Waals surface area contributed by atoms with Crippen LogP contribution < -0.4 is 10.6 Å². The van der Waals surface area contributed by atoms with Crippen LogP contribution in [-0.2, 0) is 9.59 Å². The van der Waals surface area contributed by atoms with Crippen molar-refractivity contribution in [3.8, 4) is 0 Å². The van der Waals surface area contributed by atoms with E-state index in [0.717, 1.165) is 31.7 Å². The van der Waals surface area contributed by atoms with Gasteiger partial charge in [-0.3, -0.25) is 14.5 Å². The van der Waals surface area contributed by atoms with Crippen molar-refractivity contribution < 1.29 is 19.5 Å². The third-order valence-corrected chi connectivity index (χ3v) is 5.56. The summed E-state index contributed by atoms with van der Waals surface area (Å²) in [6.45, 7) is 5.67. The molecule has 2 aromatic carbocycles. The first kappa shape index (κ1) is 22.5. The summed E-state index contributed by atoms with van der Waals surface area (Å²) in [5.74, 6) is -2.68. The van der Waals surface area contributed by atoms with E-state index in [2.05, 4.69) is 27.5 Å². The van der Waals surface area contributed by atoms with Crippen LogP contribution in [0.5, 0.6) is 0 Å². The standard InChI is InChI=1S/C23H28N4O4/c1-16-8-9-18(23(30)31)14-19(16)25-22(29)21(28)24-15-20(17-6-4-3-5-7-17)27-12-10-26(2)11-13-27/h3-9,14,20H,10-13,15H2,1-2H3,(H,24,28)(H,25,29)(H,30,31)/t20-/m1/s1. The summed E-state index contributed by atoms with van der Waals surface area (Å²) in [5, 5.41) is 14.4. The molecular formula is C23H28N4O4. The predicted octanol–water partition coefficient (Wildman–Crippen LogP) is 1.74. The van der Waals surface area contributed by atoms with Crippen molar-refractivity contribution in [3.63, 3.8) is 0 Å². The molecular weight excluding hydrogens is 396 g/mol. The Morgan fingerprint density at radius 1 is 1.00 bits per heavy atom. The highest BCUT2D eigenvalue weighted by Crippen LogP contribution is 2.21. The van der Waals surface area contributed by atoms with E-state index in [-0.39, 0.29) is 11.6 Å². The lowest BCUT2D eigenvalue weighted by atomic mass is 10.0. The highest BCUT2D eigenvalue weighted by Gasteiger charge is 2.25. The van der Waals surface area contributed by atoms with Crippen molar-refractivity contribution in [3.05, 3.63) is 65.2 Å². The van der Waals surface area contributed by atoms with E-state index in [1.54, 1.807) is 13.0 Å². The average Bonchev–Trinajstić information content (AvgIpc) is 2.77. The second-order valence-corrected chi connectivity index (χ2v) is 7.76. The monoisotopic (exact) mass is 424 g/mol. The van der Waals surface area contributed by atoms with Gasteiger partial charge in [-0.1, -0.05) is 36.4 Å². The van der Waals surface area contributed by atoms with Crippen LogP contribution in [0.15, 0.2) is 48.5 Å². The predicted molar refractivity (Wildman–Crippen MR) is 118 cm³/mol. The van der Waals surface area contributed by atoms with Gasteiger partial charge in [0.2, 0.25) is 0 Å². The molecule has 2 amide bonds. The minimum Gasteiger partial charge on any atom is -0.478 e. The first-order valence-electron chi connectivity index (χ1n) is 10.3. The van der Waals surface area contributed by atoms with Gasteiger partial charge in [0.15, 0.2) is 0 Å². The van der Waals surface area contributed by atoms with E-state index in [1.807, 2.05) is 30.3 Å². The Balaban J connectivity index is 1.66. The summed E-state index contributed by atoms with van der Waals surface area (Å²) in [6, 6.07) is 14.3. The number of anilines is 1. The van der Waals surface area contributed by atoms with Crippen LogP contribution in [0.25, 0.3) is 0 Å². The number of nitrogens with zero attached hydrogens (tertiary/aromatic N) is 2. The zero-order chi connectivity index (χ0) is 22.4. The molecule has 0 radical (unpaired) electrons. The lowest BCUT2D eigenvalue weighted by Crippen LogP contribution is -2.49. The van der Waals surface area contributed by atoms with Crippen LogP contribution in [0.3, 0.4) is 0 Å². The Labute approximate surface area is 181 Å². The van der Waals surface area contributed by atoms with Crippen molar-refractivity contribution in [1.29, 1.82) is 0 Å². The van der Waals surface area contributed by atoms with Gasteiger partial charge in [-0.15, -0.1) is 0 Å². The molecule has 0 unspecified atom stereocenters. The fourth-order valence-electron chi connectivity index (χ4n) is 3.60. The third-order valence-electron chi connectivity index (χ3n) is 5.56.